The second-order valence-electron chi connectivity index (χ2n) is 4.55. The Labute approximate surface area is 105 Å². The first kappa shape index (κ1) is 16.4. The summed E-state index contributed by atoms with van der Waals surface area (Å²) in [6.45, 7) is 4.76. The lowest BCUT2D eigenvalue weighted by Crippen LogP contribution is -2.46. The van der Waals surface area contributed by atoms with Crippen molar-refractivity contribution in [2.45, 2.75) is 64.5 Å². The van der Waals surface area contributed by atoms with Crippen molar-refractivity contribution in [3.63, 3.8) is 0 Å². The van der Waals surface area contributed by atoms with Crippen molar-refractivity contribution in [2.75, 3.05) is 13.7 Å². The summed E-state index contributed by atoms with van der Waals surface area (Å²) in [6.07, 6.45) is 6.13. The first-order valence-corrected chi connectivity index (χ1v) is 6.70. The number of hydrogen-bond donors (Lipinski definition) is 2. The highest BCUT2D eigenvalue weighted by molar-refractivity contribution is 5.81. The molecule has 0 unspecified atom stereocenters. The Balaban J connectivity index is 3.99. The van der Waals surface area contributed by atoms with E-state index in [-0.39, 0.29) is 18.0 Å². The molecule has 0 saturated carbocycles. The number of hydrogen-bond acceptors (Lipinski definition) is 3. The van der Waals surface area contributed by atoms with E-state index in [0.29, 0.717) is 6.61 Å². The van der Waals surface area contributed by atoms with Crippen molar-refractivity contribution in [1.82, 2.24) is 5.32 Å². The molecule has 3 N–H and O–H groups in total. The summed E-state index contributed by atoms with van der Waals surface area (Å²) in [5.41, 5.74) is 5.77. The van der Waals surface area contributed by atoms with Crippen LogP contribution in [0.3, 0.4) is 0 Å². The zero-order valence-corrected chi connectivity index (χ0v) is 11.5. The van der Waals surface area contributed by atoms with Gasteiger partial charge in [-0.2, -0.15) is 0 Å². The number of rotatable bonds is 10. The minimum atomic E-state index is -0.384. The topological polar surface area (TPSA) is 64.3 Å². The van der Waals surface area contributed by atoms with Crippen LogP contribution in [0.1, 0.15) is 52.4 Å². The summed E-state index contributed by atoms with van der Waals surface area (Å²) in [5, 5.41) is 2.97. The fourth-order valence-corrected chi connectivity index (χ4v) is 1.79. The van der Waals surface area contributed by atoms with Gasteiger partial charge in [0.05, 0.1) is 18.7 Å². The first-order valence-electron chi connectivity index (χ1n) is 6.70. The zero-order chi connectivity index (χ0) is 13.1. The third kappa shape index (κ3) is 8.16. The molecular weight excluding hydrogens is 216 g/mol. The van der Waals surface area contributed by atoms with Gasteiger partial charge in [0.25, 0.3) is 0 Å². The van der Waals surface area contributed by atoms with Gasteiger partial charge in [-0.05, 0) is 12.8 Å². The molecule has 0 aliphatic rings. The lowest BCUT2D eigenvalue weighted by Gasteiger charge is -2.20. The van der Waals surface area contributed by atoms with Crippen LogP contribution >= 0.6 is 0 Å². The van der Waals surface area contributed by atoms with E-state index < -0.39 is 0 Å². The van der Waals surface area contributed by atoms with Crippen molar-refractivity contribution in [2.24, 2.45) is 5.73 Å². The monoisotopic (exact) mass is 244 g/mol. The number of amides is 1. The average Bonchev–Trinajstić information content (AvgIpc) is 2.29. The molecule has 17 heavy (non-hydrogen) atoms. The Morgan fingerprint density at radius 1 is 1.24 bits per heavy atom. The molecule has 0 spiro atoms. The molecule has 0 aromatic carbocycles. The molecule has 0 bridgehead atoms. The number of nitrogens with two attached hydrogens (primary N) is 1. The summed E-state index contributed by atoms with van der Waals surface area (Å²) < 4.78 is 5.12. The van der Waals surface area contributed by atoms with E-state index in [9.17, 15) is 4.79 Å². The van der Waals surface area contributed by atoms with E-state index >= 15 is 0 Å². The van der Waals surface area contributed by atoms with Crippen LogP contribution in [0.15, 0.2) is 0 Å². The fraction of sp³-hybridized carbons (Fsp3) is 0.923. The van der Waals surface area contributed by atoms with Crippen LogP contribution in [0.4, 0.5) is 0 Å². The summed E-state index contributed by atoms with van der Waals surface area (Å²) >= 11 is 0. The Bertz CT molecular complexity index is 198. The van der Waals surface area contributed by atoms with Crippen LogP contribution in [0, 0.1) is 0 Å². The number of unbranched alkanes of at least 4 members (excludes halogenated alkanes) is 2. The highest BCUT2D eigenvalue weighted by Crippen LogP contribution is 2.04. The molecule has 1 amide bonds. The van der Waals surface area contributed by atoms with E-state index in [1.54, 1.807) is 7.11 Å². The fourth-order valence-electron chi connectivity index (χ4n) is 1.79. The SMILES string of the molecule is CCCCC[C@@H](COC)NC(=O)[C@@H](N)CCC. The zero-order valence-electron chi connectivity index (χ0n) is 11.5. The van der Waals surface area contributed by atoms with Gasteiger partial charge in [-0.25, -0.2) is 0 Å². The molecule has 0 aliphatic heterocycles. The molecule has 102 valence electrons. The van der Waals surface area contributed by atoms with Crippen LogP contribution < -0.4 is 11.1 Å². The summed E-state index contributed by atoms with van der Waals surface area (Å²) in [7, 11) is 1.66. The second-order valence-corrected chi connectivity index (χ2v) is 4.55. The van der Waals surface area contributed by atoms with Gasteiger partial charge in [-0.1, -0.05) is 39.5 Å². The number of nitrogens with one attached hydrogen (secondary N) is 1. The van der Waals surface area contributed by atoms with Gasteiger partial charge in [-0.15, -0.1) is 0 Å². The maximum Gasteiger partial charge on any atom is 0.237 e. The van der Waals surface area contributed by atoms with Gasteiger partial charge in [-0.3, -0.25) is 4.79 Å². The molecule has 4 nitrogen and oxygen atoms in total. The van der Waals surface area contributed by atoms with E-state index in [1.165, 1.54) is 12.8 Å². The summed E-state index contributed by atoms with van der Waals surface area (Å²) in [6, 6.07) is -0.285. The molecule has 0 aliphatic carbocycles. The maximum absolute atomic E-state index is 11.8. The molecule has 4 heteroatoms. The van der Waals surface area contributed by atoms with Gasteiger partial charge >= 0.3 is 0 Å². The second kappa shape index (κ2) is 10.5. The number of carbonyl (C=O) groups excluding carboxylic acids is 1. The van der Waals surface area contributed by atoms with E-state index in [2.05, 4.69) is 12.2 Å². The van der Waals surface area contributed by atoms with Crippen molar-refractivity contribution < 1.29 is 9.53 Å². The van der Waals surface area contributed by atoms with Crippen molar-refractivity contribution in [3.05, 3.63) is 0 Å². The van der Waals surface area contributed by atoms with Crippen LogP contribution in [0.5, 0.6) is 0 Å². The molecular formula is C13H28N2O2. The smallest absolute Gasteiger partial charge is 0.237 e. The minimum Gasteiger partial charge on any atom is -0.383 e. The van der Waals surface area contributed by atoms with Gasteiger partial charge in [0.1, 0.15) is 0 Å². The third-order valence-corrected chi connectivity index (χ3v) is 2.81. The summed E-state index contributed by atoms with van der Waals surface area (Å²) in [5.74, 6) is -0.0506. The van der Waals surface area contributed by atoms with Gasteiger partial charge in [0, 0.05) is 7.11 Å². The minimum absolute atomic E-state index is 0.0506. The van der Waals surface area contributed by atoms with Crippen LogP contribution in [0.2, 0.25) is 0 Å². The third-order valence-electron chi connectivity index (χ3n) is 2.81. The predicted octanol–water partition coefficient (Wildman–Crippen LogP) is 1.83. The number of ether oxygens (including phenoxy) is 1. The van der Waals surface area contributed by atoms with Crippen molar-refractivity contribution in [1.29, 1.82) is 0 Å². The highest BCUT2D eigenvalue weighted by Gasteiger charge is 2.16. The Kier molecular flexibility index (Phi) is 10.2. The van der Waals surface area contributed by atoms with Crippen molar-refractivity contribution >= 4 is 5.91 Å². The first-order chi connectivity index (χ1) is 8.15. The quantitative estimate of drug-likeness (QED) is 0.576. The molecule has 0 saturated heterocycles. The number of carbonyl (C=O) groups is 1. The number of methoxy groups -OCH3 is 1. The lowest BCUT2D eigenvalue weighted by molar-refractivity contribution is -0.123. The molecule has 0 heterocycles. The van der Waals surface area contributed by atoms with E-state index in [1.807, 2.05) is 6.92 Å². The highest BCUT2D eigenvalue weighted by atomic mass is 16.5. The molecule has 2 atom stereocenters. The van der Waals surface area contributed by atoms with E-state index in [0.717, 1.165) is 25.7 Å². The molecule has 0 radical (unpaired) electrons. The Morgan fingerprint density at radius 3 is 2.47 bits per heavy atom. The normalized spacial score (nSPS) is 14.4. The van der Waals surface area contributed by atoms with Gasteiger partial charge in [0.15, 0.2) is 0 Å². The molecule has 0 rings (SSSR count). The Morgan fingerprint density at radius 2 is 1.94 bits per heavy atom. The molecule has 0 aromatic heterocycles. The molecule has 0 fully saturated rings. The Hall–Kier alpha value is -0.610. The van der Waals surface area contributed by atoms with Gasteiger partial charge in [0.2, 0.25) is 5.91 Å². The summed E-state index contributed by atoms with van der Waals surface area (Å²) in [4.78, 5) is 11.8. The average molecular weight is 244 g/mol. The lowest BCUT2D eigenvalue weighted by atomic mass is 10.1. The van der Waals surface area contributed by atoms with Gasteiger partial charge < -0.3 is 15.8 Å². The largest absolute Gasteiger partial charge is 0.383 e. The van der Waals surface area contributed by atoms with Crippen molar-refractivity contribution in [3.8, 4) is 0 Å². The van der Waals surface area contributed by atoms with Crippen LogP contribution in [-0.4, -0.2) is 31.7 Å². The van der Waals surface area contributed by atoms with Crippen LogP contribution in [-0.2, 0) is 9.53 Å². The maximum atomic E-state index is 11.8. The van der Waals surface area contributed by atoms with E-state index in [4.69, 9.17) is 10.5 Å². The van der Waals surface area contributed by atoms with Crippen LogP contribution in [0.25, 0.3) is 0 Å². The molecule has 0 aromatic rings. The standard InChI is InChI=1S/C13H28N2O2/c1-4-6-7-9-11(10-17-3)15-13(16)12(14)8-5-2/h11-12H,4-10,14H2,1-3H3,(H,15,16)/t11-,12-/m0/s1. The predicted molar refractivity (Wildman–Crippen MR) is 70.8 cm³/mol.